The van der Waals surface area contributed by atoms with E-state index in [0.717, 1.165) is 56.3 Å². The number of hydrogen-bond donors (Lipinski definition) is 2. The molecule has 0 aliphatic heterocycles. The molecule has 2 heterocycles. The molecule has 3 N–H and O–H groups in total. The van der Waals surface area contributed by atoms with Crippen LogP contribution in [0.5, 0.6) is 5.75 Å². The van der Waals surface area contributed by atoms with Crippen molar-refractivity contribution in [3.63, 3.8) is 0 Å². The van der Waals surface area contributed by atoms with Crippen molar-refractivity contribution in [2.75, 3.05) is 13.7 Å². The van der Waals surface area contributed by atoms with Crippen molar-refractivity contribution in [1.29, 1.82) is 0 Å². The maximum Gasteiger partial charge on any atom is 0.266 e. The van der Waals surface area contributed by atoms with Crippen LogP contribution in [0.1, 0.15) is 17.5 Å². The van der Waals surface area contributed by atoms with E-state index in [2.05, 4.69) is 29.2 Å². The fourth-order valence-corrected chi connectivity index (χ4v) is 4.46. The maximum atomic E-state index is 12.5. The minimum Gasteiger partial charge on any atom is -0.496 e. The van der Waals surface area contributed by atoms with E-state index in [9.17, 15) is 4.79 Å². The number of fused-ring (bicyclic) bond motifs is 3. The van der Waals surface area contributed by atoms with Gasteiger partial charge in [-0.15, -0.1) is 11.3 Å². The molecule has 0 spiro atoms. The zero-order valence-corrected chi connectivity index (χ0v) is 16.3. The molecule has 0 fully saturated rings. The van der Waals surface area contributed by atoms with Crippen LogP contribution in [0.3, 0.4) is 0 Å². The van der Waals surface area contributed by atoms with Crippen LogP contribution in [0.25, 0.3) is 32.1 Å². The summed E-state index contributed by atoms with van der Waals surface area (Å²) in [5, 5.41) is 3.98. The highest BCUT2D eigenvalue weighted by molar-refractivity contribution is 7.17. The van der Waals surface area contributed by atoms with E-state index in [4.69, 9.17) is 10.5 Å². The molecule has 0 aliphatic carbocycles. The van der Waals surface area contributed by atoms with E-state index < -0.39 is 0 Å². The van der Waals surface area contributed by atoms with Crippen molar-refractivity contribution in [2.24, 2.45) is 5.73 Å². The number of H-pyrrole nitrogens is 1. The predicted octanol–water partition coefficient (Wildman–Crippen LogP) is 4.62. The topological polar surface area (TPSA) is 68.1 Å². The van der Waals surface area contributed by atoms with Crippen LogP contribution in [0, 0.1) is 6.92 Å². The number of methoxy groups -OCH3 is 1. The number of hydrogen-bond acceptors (Lipinski definition) is 4. The molecule has 0 saturated carbocycles. The number of ether oxygens (including phenoxy) is 1. The first-order valence-electron chi connectivity index (χ1n) is 9.04. The summed E-state index contributed by atoms with van der Waals surface area (Å²) < 4.78 is 6.48. The van der Waals surface area contributed by atoms with E-state index in [1.807, 2.05) is 24.4 Å². The van der Waals surface area contributed by atoms with E-state index >= 15 is 0 Å². The van der Waals surface area contributed by atoms with Crippen LogP contribution in [0.15, 0.2) is 46.6 Å². The number of rotatable bonds is 5. The molecular formula is C22H22N2O2S. The minimum atomic E-state index is -0.0381. The van der Waals surface area contributed by atoms with Gasteiger partial charge in [0.2, 0.25) is 0 Å². The zero-order chi connectivity index (χ0) is 19.0. The Morgan fingerprint density at radius 1 is 1.19 bits per heavy atom. The number of benzene rings is 2. The lowest BCUT2D eigenvalue weighted by Gasteiger charge is -2.16. The Hall–Kier alpha value is -2.63. The molecule has 0 saturated heterocycles. The molecule has 0 unspecified atom stereocenters. The van der Waals surface area contributed by atoms with Gasteiger partial charge in [0.25, 0.3) is 5.56 Å². The first kappa shape index (κ1) is 17.8. The second-order valence-electron chi connectivity index (χ2n) is 6.73. The zero-order valence-electron chi connectivity index (χ0n) is 15.5. The third-order valence-corrected chi connectivity index (χ3v) is 5.91. The number of thiophene rings is 1. The molecule has 4 aromatic rings. The van der Waals surface area contributed by atoms with Gasteiger partial charge in [0.1, 0.15) is 10.4 Å². The summed E-state index contributed by atoms with van der Waals surface area (Å²) >= 11 is 1.47. The molecule has 0 bridgehead atoms. The van der Waals surface area contributed by atoms with E-state index in [1.54, 1.807) is 7.11 Å². The van der Waals surface area contributed by atoms with Crippen LogP contribution >= 0.6 is 11.3 Å². The number of aromatic amines is 1. The fourth-order valence-electron chi connectivity index (χ4n) is 3.66. The molecule has 5 heteroatoms. The van der Waals surface area contributed by atoms with Gasteiger partial charge in [-0.2, -0.15) is 0 Å². The first-order valence-corrected chi connectivity index (χ1v) is 9.92. The van der Waals surface area contributed by atoms with E-state index in [0.29, 0.717) is 6.54 Å². The van der Waals surface area contributed by atoms with Crippen molar-refractivity contribution in [2.45, 2.75) is 19.8 Å². The van der Waals surface area contributed by atoms with Gasteiger partial charge < -0.3 is 15.5 Å². The normalized spacial score (nSPS) is 11.4. The summed E-state index contributed by atoms with van der Waals surface area (Å²) in [5.74, 6) is 0.814. The number of nitrogens with one attached hydrogen (secondary N) is 1. The number of nitrogens with two attached hydrogens (primary N) is 1. The third-order valence-electron chi connectivity index (χ3n) is 5.00. The Balaban J connectivity index is 2.02. The van der Waals surface area contributed by atoms with Gasteiger partial charge in [-0.1, -0.05) is 24.3 Å². The second kappa shape index (κ2) is 7.18. The average Bonchev–Trinajstić information content (AvgIpc) is 3.18. The van der Waals surface area contributed by atoms with Crippen LogP contribution in [0.4, 0.5) is 0 Å². The van der Waals surface area contributed by atoms with E-state index in [-0.39, 0.29) is 5.56 Å². The van der Waals surface area contributed by atoms with Gasteiger partial charge in [0.05, 0.1) is 12.6 Å². The molecule has 0 atom stereocenters. The Kier molecular flexibility index (Phi) is 4.72. The quantitative estimate of drug-likeness (QED) is 0.532. The molecule has 2 aromatic carbocycles. The first-order chi connectivity index (χ1) is 13.1. The lowest BCUT2D eigenvalue weighted by atomic mass is 9.94. The summed E-state index contributed by atoms with van der Waals surface area (Å²) in [6.07, 6.45) is 1.96. The Labute approximate surface area is 161 Å². The van der Waals surface area contributed by atoms with Gasteiger partial charge in [0, 0.05) is 16.3 Å². The summed E-state index contributed by atoms with van der Waals surface area (Å²) in [4.78, 5) is 15.5. The molecule has 4 rings (SSSR count). The highest BCUT2D eigenvalue weighted by Gasteiger charge is 2.18. The van der Waals surface area contributed by atoms with E-state index in [1.165, 1.54) is 16.9 Å². The Morgan fingerprint density at radius 2 is 1.96 bits per heavy atom. The minimum absolute atomic E-state index is 0.0381. The molecule has 4 nitrogen and oxygen atoms in total. The smallest absolute Gasteiger partial charge is 0.266 e. The summed E-state index contributed by atoms with van der Waals surface area (Å²) in [6.45, 7) is 2.69. The SMILES string of the molecule is COc1cc(C)c2[nH]c(=O)c3sccc3c2c1-c1ccc(CCCN)cc1. The second-order valence-corrected chi connectivity index (χ2v) is 7.64. The highest BCUT2D eigenvalue weighted by atomic mass is 32.1. The van der Waals surface area contributed by atoms with Gasteiger partial charge in [-0.3, -0.25) is 4.79 Å². The molecule has 0 radical (unpaired) electrons. The Morgan fingerprint density at radius 3 is 2.67 bits per heavy atom. The van der Waals surface area contributed by atoms with Crippen molar-refractivity contribution >= 4 is 32.3 Å². The number of aromatic nitrogens is 1. The van der Waals surface area contributed by atoms with Crippen LogP contribution in [-0.2, 0) is 6.42 Å². The summed E-state index contributed by atoms with van der Waals surface area (Å²) in [5.41, 5.74) is 10.8. The lowest BCUT2D eigenvalue weighted by molar-refractivity contribution is 0.416. The van der Waals surface area contributed by atoms with Crippen LogP contribution in [-0.4, -0.2) is 18.6 Å². The van der Waals surface area contributed by atoms with Crippen molar-refractivity contribution in [3.8, 4) is 16.9 Å². The standard InChI is InChI=1S/C22H22N2O2S/c1-13-12-17(26-2)18(15-7-5-14(6-8-15)4-3-10-23)19-16-9-11-27-21(16)22(25)24-20(13)19/h5-9,11-12H,3-4,10,23H2,1-2H3,(H,24,25). The monoisotopic (exact) mass is 378 g/mol. The number of pyridine rings is 1. The highest BCUT2D eigenvalue weighted by Crippen LogP contribution is 2.41. The molecule has 0 amide bonds. The van der Waals surface area contributed by atoms with Gasteiger partial charge in [0.15, 0.2) is 0 Å². The average molecular weight is 378 g/mol. The summed E-state index contributed by atoms with van der Waals surface area (Å²) in [7, 11) is 1.69. The lowest BCUT2D eigenvalue weighted by Crippen LogP contribution is -2.06. The molecular weight excluding hydrogens is 356 g/mol. The molecule has 27 heavy (non-hydrogen) atoms. The van der Waals surface area contributed by atoms with Crippen LogP contribution in [0.2, 0.25) is 0 Å². The molecule has 0 aliphatic rings. The van der Waals surface area contributed by atoms with Crippen molar-refractivity contribution in [1.82, 2.24) is 4.98 Å². The van der Waals surface area contributed by atoms with Gasteiger partial charge in [-0.25, -0.2) is 0 Å². The maximum absolute atomic E-state index is 12.5. The number of aryl methyl sites for hydroxylation is 2. The molecule has 138 valence electrons. The van der Waals surface area contributed by atoms with Gasteiger partial charge in [-0.05, 0) is 60.5 Å². The van der Waals surface area contributed by atoms with Crippen molar-refractivity contribution in [3.05, 3.63) is 63.3 Å². The largest absolute Gasteiger partial charge is 0.496 e. The third kappa shape index (κ3) is 3.03. The Bertz CT molecular complexity index is 1170. The van der Waals surface area contributed by atoms with Gasteiger partial charge >= 0.3 is 0 Å². The fraction of sp³-hybridized carbons (Fsp3) is 0.227. The van der Waals surface area contributed by atoms with Crippen molar-refractivity contribution < 1.29 is 4.74 Å². The predicted molar refractivity (Wildman–Crippen MR) is 114 cm³/mol. The summed E-state index contributed by atoms with van der Waals surface area (Å²) in [6, 6.07) is 12.6. The molecule has 2 aromatic heterocycles. The van der Waals surface area contributed by atoms with Crippen LogP contribution < -0.4 is 16.0 Å².